The summed E-state index contributed by atoms with van der Waals surface area (Å²) < 4.78 is 5.28. The first kappa shape index (κ1) is 19.7. The topological polar surface area (TPSA) is 59.5 Å². The SMILES string of the molecule is CC1Cc2ccccc2N1C(=O)COC(=O)c1ccc(SCc2cscn2)cc1. The smallest absolute Gasteiger partial charge is 0.338 e. The van der Waals surface area contributed by atoms with Crippen LogP contribution in [0, 0.1) is 0 Å². The Balaban J connectivity index is 1.32. The molecule has 1 unspecified atom stereocenters. The zero-order valence-electron chi connectivity index (χ0n) is 15.9. The van der Waals surface area contributed by atoms with Crippen LogP contribution in [0.3, 0.4) is 0 Å². The molecule has 0 fully saturated rings. The van der Waals surface area contributed by atoms with Crippen molar-refractivity contribution in [3.63, 3.8) is 0 Å². The Bertz CT molecular complexity index is 1000. The molecule has 0 saturated carbocycles. The van der Waals surface area contributed by atoms with Gasteiger partial charge in [-0.25, -0.2) is 9.78 Å². The monoisotopic (exact) mass is 424 g/mol. The Morgan fingerprint density at radius 2 is 2.00 bits per heavy atom. The van der Waals surface area contributed by atoms with Crippen molar-refractivity contribution < 1.29 is 14.3 Å². The summed E-state index contributed by atoms with van der Waals surface area (Å²) in [5, 5.41) is 2.02. The molecule has 2 heterocycles. The van der Waals surface area contributed by atoms with Gasteiger partial charge in [-0.15, -0.1) is 23.1 Å². The van der Waals surface area contributed by atoms with Gasteiger partial charge in [0, 0.05) is 27.8 Å². The van der Waals surface area contributed by atoms with Gasteiger partial charge in [0.1, 0.15) is 0 Å². The molecule has 1 atom stereocenters. The van der Waals surface area contributed by atoms with Gasteiger partial charge in [0.15, 0.2) is 6.61 Å². The summed E-state index contributed by atoms with van der Waals surface area (Å²) >= 11 is 3.24. The van der Waals surface area contributed by atoms with Gasteiger partial charge < -0.3 is 9.64 Å². The molecule has 5 nitrogen and oxygen atoms in total. The molecule has 0 radical (unpaired) electrons. The standard InChI is InChI=1S/C22H20N2O3S2/c1-15-10-17-4-2-3-5-20(17)24(15)21(25)11-27-22(26)16-6-8-19(9-7-16)29-13-18-12-28-14-23-18/h2-9,12,14-15H,10-11,13H2,1H3. The molecule has 0 bridgehead atoms. The quantitative estimate of drug-likeness (QED) is 0.429. The average Bonchev–Trinajstić information content (AvgIpc) is 3.37. The fraction of sp³-hybridized carbons (Fsp3) is 0.227. The van der Waals surface area contributed by atoms with Crippen LogP contribution in [0.25, 0.3) is 0 Å². The molecule has 0 spiro atoms. The Hall–Kier alpha value is -2.64. The molecule has 1 aliphatic rings. The second kappa shape index (κ2) is 8.80. The third-order valence-corrected chi connectivity index (χ3v) is 6.44. The van der Waals surface area contributed by atoms with E-state index in [1.165, 1.54) is 0 Å². The van der Waals surface area contributed by atoms with Crippen LogP contribution in [0.5, 0.6) is 0 Å². The number of thiazole rings is 1. The van der Waals surface area contributed by atoms with Crippen LogP contribution in [0.4, 0.5) is 5.69 Å². The van der Waals surface area contributed by atoms with Gasteiger partial charge in [-0.2, -0.15) is 0 Å². The molecule has 1 aromatic heterocycles. The lowest BCUT2D eigenvalue weighted by Crippen LogP contribution is -2.38. The number of thioether (sulfide) groups is 1. The fourth-order valence-corrected chi connectivity index (χ4v) is 4.84. The Morgan fingerprint density at radius 3 is 2.76 bits per heavy atom. The summed E-state index contributed by atoms with van der Waals surface area (Å²) in [5.74, 6) is 0.0952. The van der Waals surface area contributed by atoms with E-state index in [0.717, 1.165) is 34.0 Å². The molecule has 0 N–H and O–H groups in total. The van der Waals surface area contributed by atoms with Gasteiger partial charge in [-0.05, 0) is 49.2 Å². The minimum Gasteiger partial charge on any atom is -0.452 e. The van der Waals surface area contributed by atoms with Gasteiger partial charge in [0.25, 0.3) is 5.91 Å². The van der Waals surface area contributed by atoms with E-state index in [1.54, 1.807) is 40.1 Å². The number of esters is 1. The molecule has 1 amide bonds. The summed E-state index contributed by atoms with van der Waals surface area (Å²) in [5.41, 5.74) is 5.34. The van der Waals surface area contributed by atoms with Crippen LogP contribution in [-0.4, -0.2) is 29.5 Å². The van der Waals surface area contributed by atoms with Gasteiger partial charge in [-0.1, -0.05) is 18.2 Å². The van der Waals surface area contributed by atoms with Crippen LogP contribution >= 0.6 is 23.1 Å². The number of hydrogen-bond acceptors (Lipinski definition) is 6. The number of aromatic nitrogens is 1. The molecule has 7 heteroatoms. The molecule has 0 aliphatic carbocycles. The van der Waals surface area contributed by atoms with Crippen molar-refractivity contribution in [1.82, 2.24) is 4.98 Å². The zero-order chi connectivity index (χ0) is 20.2. The first-order chi connectivity index (χ1) is 14.1. The average molecular weight is 425 g/mol. The molecule has 2 aromatic carbocycles. The van der Waals surface area contributed by atoms with Crippen molar-refractivity contribution >= 4 is 40.7 Å². The van der Waals surface area contributed by atoms with E-state index in [4.69, 9.17) is 4.74 Å². The minimum atomic E-state index is -0.491. The lowest BCUT2D eigenvalue weighted by molar-refractivity contribution is -0.122. The molecule has 29 heavy (non-hydrogen) atoms. The third-order valence-electron chi connectivity index (χ3n) is 4.76. The second-order valence-electron chi connectivity index (χ2n) is 6.81. The Labute approximate surface area is 177 Å². The number of nitrogens with zero attached hydrogens (tertiary/aromatic N) is 2. The van der Waals surface area contributed by atoms with Crippen LogP contribution in [-0.2, 0) is 21.7 Å². The molecule has 3 aromatic rings. The van der Waals surface area contributed by atoms with E-state index in [9.17, 15) is 9.59 Å². The lowest BCUT2D eigenvalue weighted by atomic mass is 10.1. The maximum atomic E-state index is 12.6. The maximum Gasteiger partial charge on any atom is 0.338 e. The molecule has 0 saturated heterocycles. The van der Waals surface area contributed by atoms with Crippen LogP contribution < -0.4 is 4.90 Å². The number of rotatable bonds is 6. The van der Waals surface area contributed by atoms with Gasteiger partial charge in [0.05, 0.1) is 16.8 Å². The van der Waals surface area contributed by atoms with E-state index < -0.39 is 5.97 Å². The van der Waals surface area contributed by atoms with E-state index in [1.807, 2.05) is 54.2 Å². The Morgan fingerprint density at radius 1 is 1.21 bits per heavy atom. The fourth-order valence-electron chi connectivity index (χ4n) is 3.38. The van der Waals surface area contributed by atoms with Crippen molar-refractivity contribution in [2.45, 2.75) is 30.0 Å². The number of anilines is 1. The van der Waals surface area contributed by atoms with E-state index >= 15 is 0 Å². The number of amides is 1. The molecule has 4 rings (SSSR count). The first-order valence-corrected chi connectivity index (χ1v) is 11.2. The molecular formula is C22H20N2O3S2. The lowest BCUT2D eigenvalue weighted by Gasteiger charge is -2.22. The van der Waals surface area contributed by atoms with Gasteiger partial charge in [-0.3, -0.25) is 4.79 Å². The molecular weight excluding hydrogens is 404 g/mol. The number of carbonyl (C=O) groups is 2. The van der Waals surface area contributed by atoms with Crippen molar-refractivity contribution in [3.05, 3.63) is 76.2 Å². The van der Waals surface area contributed by atoms with Crippen molar-refractivity contribution in [2.24, 2.45) is 0 Å². The van der Waals surface area contributed by atoms with Crippen molar-refractivity contribution in [1.29, 1.82) is 0 Å². The minimum absolute atomic E-state index is 0.0626. The number of carbonyl (C=O) groups excluding carboxylic acids is 2. The van der Waals surface area contributed by atoms with Crippen molar-refractivity contribution in [3.8, 4) is 0 Å². The summed E-state index contributed by atoms with van der Waals surface area (Å²) in [4.78, 5) is 32.0. The third kappa shape index (κ3) is 4.52. The first-order valence-electron chi connectivity index (χ1n) is 9.29. The van der Waals surface area contributed by atoms with Crippen LogP contribution in [0.15, 0.2) is 64.3 Å². The highest BCUT2D eigenvalue weighted by atomic mass is 32.2. The van der Waals surface area contributed by atoms with Crippen molar-refractivity contribution in [2.75, 3.05) is 11.5 Å². The van der Waals surface area contributed by atoms with E-state index in [0.29, 0.717) is 5.56 Å². The van der Waals surface area contributed by atoms with Crippen LogP contribution in [0.1, 0.15) is 28.5 Å². The maximum absolute atomic E-state index is 12.6. The number of para-hydroxylation sites is 1. The molecule has 1 aliphatic heterocycles. The molecule has 148 valence electrons. The largest absolute Gasteiger partial charge is 0.452 e. The summed E-state index contributed by atoms with van der Waals surface area (Å²) in [7, 11) is 0. The number of ether oxygens (including phenoxy) is 1. The highest BCUT2D eigenvalue weighted by molar-refractivity contribution is 7.98. The van der Waals surface area contributed by atoms with E-state index in [2.05, 4.69) is 4.98 Å². The highest BCUT2D eigenvalue weighted by Crippen LogP contribution is 2.31. The summed E-state index contributed by atoms with van der Waals surface area (Å²) in [6, 6.07) is 15.1. The summed E-state index contributed by atoms with van der Waals surface area (Å²) in [6.45, 7) is 1.74. The Kier molecular flexibility index (Phi) is 5.97. The number of hydrogen-bond donors (Lipinski definition) is 0. The van der Waals surface area contributed by atoms with Gasteiger partial charge in [0.2, 0.25) is 0 Å². The van der Waals surface area contributed by atoms with Gasteiger partial charge >= 0.3 is 5.97 Å². The zero-order valence-corrected chi connectivity index (χ0v) is 17.5. The normalized spacial score (nSPS) is 15.2. The van der Waals surface area contributed by atoms with Crippen LogP contribution in [0.2, 0.25) is 0 Å². The number of benzene rings is 2. The summed E-state index contributed by atoms with van der Waals surface area (Å²) in [6.07, 6.45) is 0.815. The predicted octanol–water partition coefficient (Wildman–Crippen LogP) is 4.57. The second-order valence-corrected chi connectivity index (χ2v) is 8.58. The van der Waals surface area contributed by atoms with E-state index in [-0.39, 0.29) is 18.6 Å². The predicted molar refractivity (Wildman–Crippen MR) is 115 cm³/mol. The number of fused-ring (bicyclic) bond motifs is 1. The highest BCUT2D eigenvalue weighted by Gasteiger charge is 2.31.